The van der Waals surface area contributed by atoms with E-state index in [1.165, 1.54) is 18.4 Å². The van der Waals surface area contributed by atoms with Gasteiger partial charge >= 0.3 is 0 Å². The smallest absolute Gasteiger partial charge is 0.133 e. The zero-order chi connectivity index (χ0) is 15.2. The number of hydrogen-bond donors (Lipinski definition) is 1. The van der Waals surface area contributed by atoms with E-state index in [1.54, 1.807) is 7.11 Å². The Kier molecular flexibility index (Phi) is 11.5. The number of nitrogens with one attached hydrogen (secondary N) is 1. The van der Waals surface area contributed by atoms with Crippen molar-refractivity contribution in [2.75, 3.05) is 33.3 Å². The van der Waals surface area contributed by atoms with Crippen LogP contribution in [-0.4, -0.2) is 38.2 Å². The molecule has 0 bridgehead atoms. The lowest BCUT2D eigenvalue weighted by Crippen LogP contribution is -2.45. The van der Waals surface area contributed by atoms with Crippen LogP contribution in [0.5, 0.6) is 5.75 Å². The lowest BCUT2D eigenvalue weighted by Gasteiger charge is -2.36. The largest absolute Gasteiger partial charge is 0.496 e. The highest BCUT2D eigenvalue weighted by Gasteiger charge is 2.22. The third kappa shape index (κ3) is 6.79. The Morgan fingerprint density at radius 2 is 1.83 bits per heavy atom. The molecule has 0 aromatic heterocycles. The molecule has 1 N–H and O–H groups in total. The third-order valence-corrected chi connectivity index (χ3v) is 4.79. The van der Waals surface area contributed by atoms with Gasteiger partial charge in [0.05, 0.1) is 11.6 Å². The Morgan fingerprint density at radius 1 is 1.17 bits per heavy atom. The van der Waals surface area contributed by atoms with Crippen LogP contribution in [0, 0.1) is 5.92 Å². The number of methoxy groups -OCH3 is 1. The molecule has 23 heavy (non-hydrogen) atoms. The molecular formula is C17H29BrCl2N2O. The van der Waals surface area contributed by atoms with Crippen molar-refractivity contribution < 1.29 is 4.74 Å². The van der Waals surface area contributed by atoms with Gasteiger partial charge in [0.1, 0.15) is 5.75 Å². The van der Waals surface area contributed by atoms with Gasteiger partial charge in [0.2, 0.25) is 0 Å². The molecule has 0 radical (unpaired) electrons. The Balaban J connectivity index is 0.00000242. The lowest BCUT2D eigenvalue weighted by molar-refractivity contribution is 0.159. The molecule has 0 spiro atoms. The van der Waals surface area contributed by atoms with Crippen LogP contribution in [0.2, 0.25) is 0 Å². The van der Waals surface area contributed by atoms with Crippen LogP contribution in [0.3, 0.4) is 0 Å². The van der Waals surface area contributed by atoms with Gasteiger partial charge in [-0.1, -0.05) is 19.9 Å². The van der Waals surface area contributed by atoms with E-state index >= 15 is 0 Å². The molecule has 1 aliphatic heterocycles. The van der Waals surface area contributed by atoms with Crippen molar-refractivity contribution in [1.29, 1.82) is 0 Å². The second-order valence-electron chi connectivity index (χ2n) is 6.17. The minimum Gasteiger partial charge on any atom is -0.496 e. The van der Waals surface area contributed by atoms with Crippen molar-refractivity contribution in [3.05, 3.63) is 28.2 Å². The standard InChI is InChI=1S/C17H27BrN2O.2ClH/c1-13(2)4-6-16(20-10-8-19-9-11-20)14-5-7-17(21-3)15(18)12-14;;/h5,7,12-13,16,19H,4,6,8-11H2,1-3H3;2*1H/t16-;;/m1../s1. The highest BCUT2D eigenvalue weighted by atomic mass is 79.9. The summed E-state index contributed by atoms with van der Waals surface area (Å²) in [7, 11) is 1.71. The number of hydrogen-bond acceptors (Lipinski definition) is 3. The second-order valence-corrected chi connectivity index (χ2v) is 7.02. The van der Waals surface area contributed by atoms with E-state index in [2.05, 4.69) is 58.2 Å². The molecule has 1 heterocycles. The van der Waals surface area contributed by atoms with Crippen molar-refractivity contribution in [3.8, 4) is 5.75 Å². The molecular weight excluding hydrogens is 399 g/mol. The Morgan fingerprint density at radius 3 is 2.35 bits per heavy atom. The van der Waals surface area contributed by atoms with E-state index in [0.29, 0.717) is 6.04 Å². The number of benzene rings is 1. The van der Waals surface area contributed by atoms with E-state index in [1.807, 2.05) is 0 Å². The molecule has 0 aliphatic carbocycles. The van der Waals surface area contributed by atoms with E-state index < -0.39 is 0 Å². The monoisotopic (exact) mass is 426 g/mol. The molecule has 0 unspecified atom stereocenters. The van der Waals surface area contributed by atoms with E-state index in [9.17, 15) is 0 Å². The van der Waals surface area contributed by atoms with Crippen LogP contribution in [0.25, 0.3) is 0 Å². The summed E-state index contributed by atoms with van der Waals surface area (Å²) in [5.74, 6) is 1.65. The predicted octanol–water partition coefficient (Wildman–Crippen LogP) is 4.68. The van der Waals surface area contributed by atoms with Crippen molar-refractivity contribution >= 4 is 40.7 Å². The third-order valence-electron chi connectivity index (χ3n) is 4.17. The summed E-state index contributed by atoms with van der Waals surface area (Å²) in [6.45, 7) is 9.06. The maximum atomic E-state index is 5.35. The van der Waals surface area contributed by atoms with Gasteiger partial charge in [0.25, 0.3) is 0 Å². The number of halogens is 3. The van der Waals surface area contributed by atoms with E-state index in [-0.39, 0.29) is 24.8 Å². The molecule has 134 valence electrons. The molecule has 1 atom stereocenters. The number of rotatable bonds is 6. The van der Waals surface area contributed by atoms with Crippen LogP contribution >= 0.6 is 40.7 Å². The lowest BCUT2D eigenvalue weighted by atomic mass is 9.95. The zero-order valence-electron chi connectivity index (χ0n) is 14.2. The maximum Gasteiger partial charge on any atom is 0.133 e. The van der Waals surface area contributed by atoms with Crippen LogP contribution < -0.4 is 10.1 Å². The van der Waals surface area contributed by atoms with Gasteiger partial charge in [-0.15, -0.1) is 24.8 Å². The predicted molar refractivity (Wildman–Crippen MR) is 106 cm³/mol. The van der Waals surface area contributed by atoms with Gasteiger partial charge in [0.15, 0.2) is 0 Å². The fourth-order valence-corrected chi connectivity index (χ4v) is 3.49. The van der Waals surface area contributed by atoms with Crippen molar-refractivity contribution in [3.63, 3.8) is 0 Å². The molecule has 2 rings (SSSR count). The summed E-state index contributed by atoms with van der Waals surface area (Å²) >= 11 is 3.62. The van der Waals surface area contributed by atoms with Gasteiger partial charge in [0, 0.05) is 32.2 Å². The molecule has 3 nitrogen and oxygen atoms in total. The first-order chi connectivity index (χ1) is 10.1. The van der Waals surface area contributed by atoms with Crippen molar-refractivity contribution in [2.45, 2.75) is 32.7 Å². The SMILES string of the molecule is COc1ccc([C@@H](CCC(C)C)N2CCNCC2)cc1Br.Cl.Cl. The fraction of sp³-hybridized carbons (Fsp3) is 0.647. The summed E-state index contributed by atoms with van der Waals surface area (Å²) in [5.41, 5.74) is 1.39. The fourth-order valence-electron chi connectivity index (χ4n) is 2.93. The zero-order valence-corrected chi connectivity index (χ0v) is 17.4. The second kappa shape index (κ2) is 11.5. The van der Waals surface area contributed by atoms with E-state index in [4.69, 9.17) is 4.74 Å². The average molecular weight is 428 g/mol. The molecule has 1 saturated heterocycles. The first-order valence-electron chi connectivity index (χ1n) is 7.90. The van der Waals surface area contributed by atoms with Crippen LogP contribution in [-0.2, 0) is 0 Å². The summed E-state index contributed by atoms with van der Waals surface area (Å²) in [6, 6.07) is 7.03. The minimum atomic E-state index is 0. The van der Waals surface area contributed by atoms with Crippen LogP contribution in [0.1, 0.15) is 38.3 Å². The number of nitrogens with zero attached hydrogens (tertiary/aromatic N) is 1. The molecule has 6 heteroatoms. The number of ether oxygens (including phenoxy) is 1. The van der Waals surface area contributed by atoms with Gasteiger partial charge < -0.3 is 10.1 Å². The average Bonchev–Trinajstić information content (AvgIpc) is 2.48. The molecule has 1 fully saturated rings. The molecule has 1 aromatic rings. The first kappa shape index (κ1) is 23.0. The summed E-state index contributed by atoms with van der Waals surface area (Å²) < 4.78 is 6.40. The molecule has 1 aromatic carbocycles. The van der Waals surface area contributed by atoms with E-state index in [0.717, 1.165) is 42.3 Å². The quantitative estimate of drug-likeness (QED) is 0.712. The van der Waals surface area contributed by atoms with Crippen molar-refractivity contribution in [1.82, 2.24) is 10.2 Å². The van der Waals surface area contributed by atoms with Crippen LogP contribution in [0.15, 0.2) is 22.7 Å². The molecule has 0 saturated carbocycles. The highest BCUT2D eigenvalue weighted by molar-refractivity contribution is 9.10. The van der Waals surface area contributed by atoms with Gasteiger partial charge in [-0.3, -0.25) is 4.90 Å². The summed E-state index contributed by atoms with van der Waals surface area (Å²) in [4.78, 5) is 2.62. The topological polar surface area (TPSA) is 24.5 Å². The van der Waals surface area contributed by atoms with Crippen LogP contribution in [0.4, 0.5) is 0 Å². The molecule has 1 aliphatic rings. The minimum absolute atomic E-state index is 0. The Bertz CT molecular complexity index is 454. The van der Waals surface area contributed by atoms with Gasteiger partial charge in [-0.2, -0.15) is 0 Å². The van der Waals surface area contributed by atoms with Gasteiger partial charge in [-0.05, 0) is 52.4 Å². The number of piperazine rings is 1. The van der Waals surface area contributed by atoms with Crippen molar-refractivity contribution in [2.24, 2.45) is 5.92 Å². The summed E-state index contributed by atoms with van der Waals surface area (Å²) in [6.07, 6.45) is 2.48. The molecule has 0 amide bonds. The first-order valence-corrected chi connectivity index (χ1v) is 8.69. The normalized spacial score (nSPS) is 16.4. The Labute approximate surface area is 161 Å². The summed E-state index contributed by atoms with van der Waals surface area (Å²) in [5, 5.41) is 3.44. The van der Waals surface area contributed by atoms with Gasteiger partial charge in [-0.25, -0.2) is 0 Å². The Hall–Kier alpha value is -0.000000000000000111. The highest BCUT2D eigenvalue weighted by Crippen LogP contribution is 2.33. The maximum absolute atomic E-state index is 5.35.